The molecule has 6 heteroatoms. The summed E-state index contributed by atoms with van der Waals surface area (Å²) in [5.41, 5.74) is 7.04. The topological polar surface area (TPSA) is 76.7 Å². The molecule has 2 heterocycles. The average Bonchev–Trinajstić information content (AvgIpc) is 2.37. The van der Waals surface area contributed by atoms with Crippen LogP contribution in [0.1, 0.15) is 17.2 Å². The van der Waals surface area contributed by atoms with Crippen LogP contribution >= 0.6 is 12.2 Å². The predicted molar refractivity (Wildman–Crippen MR) is 74.2 cm³/mol. The summed E-state index contributed by atoms with van der Waals surface area (Å²) in [7, 11) is 0. The highest BCUT2D eigenvalue weighted by atomic mass is 32.1. The van der Waals surface area contributed by atoms with Crippen molar-refractivity contribution in [2.24, 2.45) is 5.73 Å². The summed E-state index contributed by atoms with van der Waals surface area (Å²) in [4.78, 5) is 12.9. The molecule has 0 aromatic carbocycles. The number of nitrogens with one attached hydrogen (secondary N) is 1. The predicted octanol–water partition coefficient (Wildman–Crippen LogP) is 1.43. The molecule has 2 rings (SSSR count). The summed E-state index contributed by atoms with van der Waals surface area (Å²) in [6, 6.07) is 7.35. The maximum absolute atomic E-state index is 5.53. The van der Waals surface area contributed by atoms with Crippen molar-refractivity contribution in [2.75, 3.05) is 5.32 Å². The van der Waals surface area contributed by atoms with Gasteiger partial charge < -0.3 is 11.1 Å². The highest BCUT2D eigenvalue weighted by Crippen LogP contribution is 2.06. The molecule has 0 spiro atoms. The number of thiocarbonyl (C=S) groups is 1. The largest absolute Gasteiger partial charge is 0.388 e. The Kier molecular flexibility index (Phi) is 3.78. The maximum Gasteiger partial charge on any atom is 0.127 e. The zero-order valence-electron chi connectivity index (χ0n) is 9.92. The van der Waals surface area contributed by atoms with Gasteiger partial charge in [0.25, 0.3) is 0 Å². The van der Waals surface area contributed by atoms with Crippen LogP contribution in [0, 0.1) is 6.92 Å². The first-order valence-corrected chi connectivity index (χ1v) is 5.85. The van der Waals surface area contributed by atoms with Gasteiger partial charge in [-0.3, -0.25) is 0 Å². The molecule has 0 radical (unpaired) electrons. The molecule has 3 N–H and O–H groups in total. The van der Waals surface area contributed by atoms with E-state index >= 15 is 0 Å². The van der Waals surface area contributed by atoms with Crippen LogP contribution < -0.4 is 11.1 Å². The first-order valence-electron chi connectivity index (χ1n) is 5.44. The van der Waals surface area contributed by atoms with E-state index in [1.807, 2.05) is 25.1 Å². The van der Waals surface area contributed by atoms with E-state index in [-0.39, 0.29) is 4.99 Å². The monoisotopic (exact) mass is 259 g/mol. The molecule has 0 amide bonds. The lowest BCUT2D eigenvalue weighted by Crippen LogP contribution is -2.13. The number of rotatable bonds is 4. The lowest BCUT2D eigenvalue weighted by atomic mass is 10.3. The first kappa shape index (κ1) is 12.4. The van der Waals surface area contributed by atoms with Crippen molar-refractivity contribution in [3.05, 3.63) is 47.7 Å². The second kappa shape index (κ2) is 5.50. The van der Waals surface area contributed by atoms with Crippen LogP contribution in [0.15, 0.2) is 30.5 Å². The van der Waals surface area contributed by atoms with E-state index in [9.17, 15) is 0 Å². The van der Waals surface area contributed by atoms with Crippen molar-refractivity contribution in [1.29, 1.82) is 0 Å². The fourth-order valence-corrected chi connectivity index (χ4v) is 1.57. The molecule has 0 bridgehead atoms. The number of nitrogens with two attached hydrogens (primary N) is 1. The molecular formula is C12H13N5S. The van der Waals surface area contributed by atoms with Crippen LogP contribution in [-0.2, 0) is 6.54 Å². The second-order valence-electron chi connectivity index (χ2n) is 3.72. The van der Waals surface area contributed by atoms with Gasteiger partial charge in [-0.15, -0.1) is 0 Å². The Balaban J connectivity index is 2.06. The van der Waals surface area contributed by atoms with Gasteiger partial charge in [0.05, 0.1) is 17.9 Å². The highest BCUT2D eigenvalue weighted by molar-refractivity contribution is 7.80. The molecule has 2 aromatic rings. The third-order valence-electron chi connectivity index (χ3n) is 2.29. The molecule has 0 aliphatic heterocycles. The van der Waals surface area contributed by atoms with Crippen LogP contribution in [0.25, 0.3) is 0 Å². The van der Waals surface area contributed by atoms with Gasteiger partial charge >= 0.3 is 0 Å². The number of hydrogen-bond donors (Lipinski definition) is 2. The van der Waals surface area contributed by atoms with E-state index in [1.165, 1.54) is 0 Å². The SMILES string of the molecule is Cc1nccc(CNc2cccc(C(N)=S)n2)n1. The van der Waals surface area contributed by atoms with Crippen LogP contribution in [0.2, 0.25) is 0 Å². The number of aromatic nitrogens is 3. The molecule has 5 nitrogen and oxygen atoms in total. The Morgan fingerprint density at radius 2 is 2.17 bits per heavy atom. The molecule has 18 heavy (non-hydrogen) atoms. The Labute approximate surface area is 110 Å². The zero-order valence-corrected chi connectivity index (χ0v) is 10.7. The molecule has 0 aliphatic rings. The van der Waals surface area contributed by atoms with E-state index < -0.39 is 0 Å². The molecule has 2 aromatic heterocycles. The van der Waals surface area contributed by atoms with Gasteiger partial charge in [0.15, 0.2) is 0 Å². The van der Waals surface area contributed by atoms with Crippen molar-refractivity contribution in [3.63, 3.8) is 0 Å². The number of anilines is 1. The van der Waals surface area contributed by atoms with Gasteiger partial charge in [-0.05, 0) is 25.1 Å². The molecule has 0 saturated carbocycles. The smallest absolute Gasteiger partial charge is 0.127 e. The summed E-state index contributed by atoms with van der Waals surface area (Å²) in [5.74, 6) is 1.47. The molecule has 0 saturated heterocycles. The summed E-state index contributed by atoms with van der Waals surface area (Å²) < 4.78 is 0. The van der Waals surface area contributed by atoms with E-state index in [0.717, 1.165) is 17.3 Å². The molecule has 0 atom stereocenters. The summed E-state index contributed by atoms with van der Waals surface area (Å²) in [5, 5.41) is 3.17. The van der Waals surface area contributed by atoms with Gasteiger partial charge in [-0.1, -0.05) is 18.3 Å². The maximum atomic E-state index is 5.53. The molecule has 0 aliphatic carbocycles. The first-order chi connectivity index (χ1) is 8.65. The Morgan fingerprint density at radius 1 is 1.33 bits per heavy atom. The van der Waals surface area contributed by atoms with Gasteiger partial charge in [-0.2, -0.15) is 0 Å². The molecule has 0 unspecified atom stereocenters. The Hall–Kier alpha value is -2.08. The van der Waals surface area contributed by atoms with Crippen LogP contribution in [-0.4, -0.2) is 19.9 Å². The Bertz CT molecular complexity index is 570. The van der Waals surface area contributed by atoms with E-state index in [1.54, 1.807) is 12.3 Å². The van der Waals surface area contributed by atoms with Gasteiger partial charge in [0.2, 0.25) is 0 Å². The third kappa shape index (κ3) is 3.21. The van der Waals surface area contributed by atoms with Gasteiger partial charge in [0.1, 0.15) is 16.6 Å². The van der Waals surface area contributed by atoms with Crippen molar-refractivity contribution >= 4 is 23.0 Å². The van der Waals surface area contributed by atoms with Crippen LogP contribution in [0.3, 0.4) is 0 Å². The number of hydrogen-bond acceptors (Lipinski definition) is 5. The number of aryl methyl sites for hydroxylation is 1. The number of pyridine rings is 1. The highest BCUT2D eigenvalue weighted by Gasteiger charge is 2.01. The lowest BCUT2D eigenvalue weighted by Gasteiger charge is -2.06. The lowest BCUT2D eigenvalue weighted by molar-refractivity contribution is 0.949. The fraction of sp³-hybridized carbons (Fsp3) is 0.167. The molecule has 92 valence electrons. The minimum Gasteiger partial charge on any atom is -0.388 e. The van der Waals surface area contributed by atoms with E-state index in [2.05, 4.69) is 20.3 Å². The summed E-state index contributed by atoms with van der Waals surface area (Å²) >= 11 is 4.88. The minimum absolute atomic E-state index is 0.288. The van der Waals surface area contributed by atoms with Crippen LogP contribution in [0.5, 0.6) is 0 Å². The van der Waals surface area contributed by atoms with E-state index in [4.69, 9.17) is 18.0 Å². The molecule has 0 fully saturated rings. The van der Waals surface area contributed by atoms with Gasteiger partial charge in [0, 0.05) is 6.20 Å². The normalized spacial score (nSPS) is 10.1. The van der Waals surface area contributed by atoms with Crippen molar-refractivity contribution in [1.82, 2.24) is 15.0 Å². The number of nitrogens with zero attached hydrogens (tertiary/aromatic N) is 3. The van der Waals surface area contributed by atoms with Crippen molar-refractivity contribution < 1.29 is 0 Å². The third-order valence-corrected chi connectivity index (χ3v) is 2.50. The fourth-order valence-electron chi connectivity index (χ4n) is 1.46. The molecular weight excluding hydrogens is 246 g/mol. The standard InChI is InChI=1S/C12H13N5S/c1-8-14-6-5-9(16-8)7-15-11-4-2-3-10(17-11)12(13)18/h2-6H,7H2,1H3,(H2,13,18)(H,15,17). The van der Waals surface area contributed by atoms with Crippen molar-refractivity contribution in [2.45, 2.75) is 13.5 Å². The average molecular weight is 259 g/mol. The van der Waals surface area contributed by atoms with Crippen molar-refractivity contribution in [3.8, 4) is 0 Å². The van der Waals surface area contributed by atoms with E-state index in [0.29, 0.717) is 12.2 Å². The second-order valence-corrected chi connectivity index (χ2v) is 4.16. The van der Waals surface area contributed by atoms with Crippen LogP contribution in [0.4, 0.5) is 5.82 Å². The minimum atomic E-state index is 0.288. The van der Waals surface area contributed by atoms with Gasteiger partial charge in [-0.25, -0.2) is 15.0 Å². The quantitative estimate of drug-likeness (QED) is 0.809. The summed E-state index contributed by atoms with van der Waals surface area (Å²) in [6.45, 7) is 2.44. The summed E-state index contributed by atoms with van der Waals surface area (Å²) in [6.07, 6.45) is 1.73. The zero-order chi connectivity index (χ0) is 13.0. The Morgan fingerprint density at radius 3 is 2.89 bits per heavy atom.